The first-order valence-corrected chi connectivity index (χ1v) is 5.92. The van der Waals surface area contributed by atoms with Crippen LogP contribution in [0.3, 0.4) is 0 Å². The molecule has 0 spiro atoms. The fourth-order valence-corrected chi connectivity index (χ4v) is 2.29. The molecule has 5 heteroatoms. The third kappa shape index (κ3) is 1.91. The molecule has 0 atom stereocenters. The maximum atomic E-state index is 13.1. The monoisotopic (exact) mass is 277 g/mol. The second-order valence-electron chi connectivity index (χ2n) is 4.38. The van der Waals surface area contributed by atoms with Crippen molar-refractivity contribution in [1.82, 2.24) is 0 Å². The summed E-state index contributed by atoms with van der Waals surface area (Å²) in [6.07, 6.45) is -4.44. The predicted molar refractivity (Wildman–Crippen MR) is 71.1 cm³/mol. The van der Waals surface area contributed by atoms with Gasteiger partial charge in [0.05, 0.1) is 11.1 Å². The summed E-state index contributed by atoms with van der Waals surface area (Å²) in [7, 11) is 0. The van der Waals surface area contributed by atoms with Crippen LogP contribution in [0.4, 0.5) is 19.1 Å². The van der Waals surface area contributed by atoms with E-state index in [1.54, 1.807) is 30.3 Å². The number of rotatable bonds is 1. The highest BCUT2D eigenvalue weighted by molar-refractivity contribution is 6.00. The van der Waals surface area contributed by atoms with Gasteiger partial charge in [-0.2, -0.15) is 13.2 Å². The van der Waals surface area contributed by atoms with Crippen molar-refractivity contribution in [2.45, 2.75) is 6.18 Å². The SMILES string of the molecule is Nc1oc2ccccc2c1-c1ccccc1C(F)(F)F. The summed E-state index contributed by atoms with van der Waals surface area (Å²) in [6, 6.07) is 12.2. The molecule has 0 aliphatic heterocycles. The van der Waals surface area contributed by atoms with Crippen LogP contribution in [0.2, 0.25) is 0 Å². The Labute approximate surface area is 112 Å². The lowest BCUT2D eigenvalue weighted by Gasteiger charge is -2.12. The average molecular weight is 277 g/mol. The van der Waals surface area contributed by atoms with Gasteiger partial charge in [-0.05, 0) is 17.7 Å². The molecular weight excluding hydrogens is 267 g/mol. The molecule has 3 rings (SSSR count). The normalized spacial score (nSPS) is 11.9. The number of benzene rings is 2. The summed E-state index contributed by atoms with van der Waals surface area (Å²) in [6.45, 7) is 0. The number of hydrogen-bond donors (Lipinski definition) is 1. The van der Waals surface area contributed by atoms with E-state index in [0.29, 0.717) is 11.0 Å². The van der Waals surface area contributed by atoms with Crippen molar-refractivity contribution >= 4 is 16.9 Å². The first kappa shape index (κ1) is 12.6. The van der Waals surface area contributed by atoms with Crippen molar-refractivity contribution in [1.29, 1.82) is 0 Å². The summed E-state index contributed by atoms with van der Waals surface area (Å²) >= 11 is 0. The Balaban J connectivity index is 2.35. The molecule has 0 amide bonds. The minimum atomic E-state index is -4.44. The van der Waals surface area contributed by atoms with Gasteiger partial charge in [-0.25, -0.2) is 0 Å². The third-order valence-corrected chi connectivity index (χ3v) is 3.12. The zero-order valence-corrected chi connectivity index (χ0v) is 10.2. The van der Waals surface area contributed by atoms with Gasteiger partial charge in [-0.3, -0.25) is 0 Å². The van der Waals surface area contributed by atoms with Crippen LogP contribution < -0.4 is 5.73 Å². The minimum Gasteiger partial charge on any atom is -0.440 e. The van der Waals surface area contributed by atoms with Crippen LogP contribution in [0.25, 0.3) is 22.1 Å². The van der Waals surface area contributed by atoms with Gasteiger partial charge in [0.15, 0.2) is 5.88 Å². The van der Waals surface area contributed by atoms with Crippen molar-refractivity contribution in [2.24, 2.45) is 0 Å². The van der Waals surface area contributed by atoms with Crippen molar-refractivity contribution in [3.05, 3.63) is 54.1 Å². The molecule has 0 saturated carbocycles. The topological polar surface area (TPSA) is 39.2 Å². The van der Waals surface area contributed by atoms with E-state index < -0.39 is 11.7 Å². The minimum absolute atomic E-state index is 0.0112. The Morgan fingerprint density at radius 1 is 0.900 bits per heavy atom. The first-order valence-electron chi connectivity index (χ1n) is 5.92. The maximum absolute atomic E-state index is 13.1. The summed E-state index contributed by atoms with van der Waals surface area (Å²) in [5.74, 6) is -0.0112. The largest absolute Gasteiger partial charge is 0.440 e. The lowest BCUT2D eigenvalue weighted by Crippen LogP contribution is -2.07. The molecule has 0 unspecified atom stereocenters. The van der Waals surface area contributed by atoms with Gasteiger partial charge < -0.3 is 10.2 Å². The summed E-state index contributed by atoms with van der Waals surface area (Å²) < 4.78 is 44.6. The standard InChI is InChI=1S/C15H10F3NO/c16-15(17,18)11-7-3-1-5-9(11)13-10-6-2-4-8-12(10)20-14(13)19/h1-8H,19H2. The summed E-state index contributed by atoms with van der Waals surface area (Å²) in [5.41, 5.74) is 5.82. The zero-order valence-electron chi connectivity index (χ0n) is 10.2. The number of nitrogens with two attached hydrogens (primary N) is 1. The van der Waals surface area contributed by atoms with Crippen LogP contribution in [-0.4, -0.2) is 0 Å². The number of halogens is 3. The highest BCUT2D eigenvalue weighted by Crippen LogP contribution is 2.43. The van der Waals surface area contributed by atoms with Crippen LogP contribution in [0.15, 0.2) is 52.9 Å². The summed E-state index contributed by atoms with van der Waals surface area (Å²) in [4.78, 5) is 0. The van der Waals surface area contributed by atoms with Gasteiger partial charge >= 0.3 is 6.18 Å². The Bertz CT molecular complexity index is 774. The number of fused-ring (bicyclic) bond motifs is 1. The van der Waals surface area contributed by atoms with Crippen LogP contribution >= 0.6 is 0 Å². The second-order valence-corrected chi connectivity index (χ2v) is 4.38. The van der Waals surface area contributed by atoms with Crippen LogP contribution in [-0.2, 0) is 6.18 Å². The zero-order chi connectivity index (χ0) is 14.3. The Kier molecular flexibility index (Phi) is 2.71. The molecule has 20 heavy (non-hydrogen) atoms. The smallest absolute Gasteiger partial charge is 0.417 e. The molecule has 0 radical (unpaired) electrons. The predicted octanol–water partition coefficient (Wildman–Crippen LogP) is 4.70. The number of furan rings is 1. The Hall–Kier alpha value is -2.43. The van der Waals surface area contributed by atoms with Gasteiger partial charge in [0.1, 0.15) is 5.58 Å². The highest BCUT2D eigenvalue weighted by Gasteiger charge is 2.34. The third-order valence-electron chi connectivity index (χ3n) is 3.12. The van der Waals surface area contributed by atoms with E-state index in [0.717, 1.165) is 6.07 Å². The van der Waals surface area contributed by atoms with E-state index in [4.69, 9.17) is 10.2 Å². The molecule has 3 aromatic rings. The number of anilines is 1. The van der Waals surface area contributed by atoms with E-state index >= 15 is 0 Å². The molecule has 0 fully saturated rings. The van der Waals surface area contributed by atoms with Crippen LogP contribution in [0, 0.1) is 0 Å². The Morgan fingerprint density at radius 3 is 2.30 bits per heavy atom. The highest BCUT2D eigenvalue weighted by atomic mass is 19.4. The number of hydrogen-bond acceptors (Lipinski definition) is 2. The number of nitrogen functional groups attached to an aromatic ring is 1. The lowest BCUT2D eigenvalue weighted by molar-refractivity contribution is -0.137. The van der Waals surface area contributed by atoms with Gasteiger partial charge in [0.2, 0.25) is 0 Å². The molecule has 0 aliphatic carbocycles. The Morgan fingerprint density at radius 2 is 1.55 bits per heavy atom. The first-order chi connectivity index (χ1) is 9.48. The van der Waals surface area contributed by atoms with Crippen molar-refractivity contribution < 1.29 is 17.6 Å². The lowest BCUT2D eigenvalue weighted by atomic mass is 9.98. The van der Waals surface area contributed by atoms with Crippen molar-refractivity contribution in [2.75, 3.05) is 5.73 Å². The number of para-hydroxylation sites is 1. The molecule has 1 heterocycles. The summed E-state index contributed by atoms with van der Waals surface area (Å²) in [5, 5.41) is 0.571. The van der Waals surface area contributed by atoms with E-state index in [9.17, 15) is 13.2 Å². The molecule has 2 aromatic carbocycles. The van der Waals surface area contributed by atoms with Gasteiger partial charge in [0.25, 0.3) is 0 Å². The molecular formula is C15H10F3NO. The van der Waals surface area contributed by atoms with E-state index in [1.165, 1.54) is 12.1 Å². The van der Waals surface area contributed by atoms with Crippen molar-refractivity contribution in [3.8, 4) is 11.1 Å². The van der Waals surface area contributed by atoms with Gasteiger partial charge in [-0.15, -0.1) is 0 Å². The van der Waals surface area contributed by atoms with Crippen molar-refractivity contribution in [3.63, 3.8) is 0 Å². The van der Waals surface area contributed by atoms with E-state index in [2.05, 4.69) is 0 Å². The molecule has 0 bridgehead atoms. The molecule has 0 aliphatic rings. The van der Waals surface area contributed by atoms with E-state index in [-0.39, 0.29) is 17.0 Å². The molecule has 1 aromatic heterocycles. The molecule has 2 nitrogen and oxygen atoms in total. The molecule has 102 valence electrons. The van der Waals surface area contributed by atoms with Crippen LogP contribution in [0.1, 0.15) is 5.56 Å². The fourth-order valence-electron chi connectivity index (χ4n) is 2.29. The molecule has 2 N–H and O–H groups in total. The maximum Gasteiger partial charge on any atom is 0.417 e. The van der Waals surface area contributed by atoms with Gasteiger partial charge in [0, 0.05) is 5.39 Å². The molecule has 0 saturated heterocycles. The van der Waals surface area contributed by atoms with E-state index in [1.807, 2.05) is 0 Å². The number of alkyl halides is 3. The second kappa shape index (κ2) is 4.30. The average Bonchev–Trinajstić information content (AvgIpc) is 2.73. The quantitative estimate of drug-likeness (QED) is 0.700. The fraction of sp³-hybridized carbons (Fsp3) is 0.0667. The van der Waals surface area contributed by atoms with Crippen LogP contribution in [0.5, 0.6) is 0 Å². The van der Waals surface area contributed by atoms with Gasteiger partial charge in [-0.1, -0.05) is 36.4 Å².